The molecule has 7 aliphatic rings. The van der Waals surface area contributed by atoms with Crippen LogP contribution in [0.15, 0.2) is 418 Å². The maximum Gasteiger partial charge on any atom is 0.519 e. The zero-order chi connectivity index (χ0) is 74.5. The van der Waals surface area contributed by atoms with Gasteiger partial charge in [-0.2, -0.15) is 0 Å². The molecule has 0 radical (unpaired) electrons. The molecule has 1 unspecified atom stereocenters. The highest BCUT2D eigenvalue weighted by atomic mass is 28.3. The van der Waals surface area contributed by atoms with Gasteiger partial charge < -0.3 is 33.3 Å². The highest BCUT2D eigenvalue weighted by molar-refractivity contribution is 7.20. The van der Waals surface area contributed by atoms with Crippen molar-refractivity contribution in [2.75, 3.05) is 28.9 Å². The van der Waals surface area contributed by atoms with Gasteiger partial charge in [0.25, 0.3) is 0 Å². The lowest BCUT2D eigenvalue weighted by atomic mass is 9.59. The van der Waals surface area contributed by atoms with Crippen LogP contribution in [0.25, 0.3) is 44.8 Å². The average molecular weight is 1480 g/mol. The van der Waals surface area contributed by atoms with Crippen LogP contribution in [0.5, 0.6) is 0 Å². The summed E-state index contributed by atoms with van der Waals surface area (Å²) in [6, 6.07) is 145. The first-order valence-corrected chi connectivity index (χ1v) is 43.5. The zero-order valence-electron chi connectivity index (χ0n) is 62.3. The molecule has 13 heteroatoms. The number of para-hydroxylation sites is 4. The van der Waals surface area contributed by atoms with Crippen molar-refractivity contribution >= 4 is 147 Å². The molecular formula is C100H73B3N8Si2. The van der Waals surface area contributed by atoms with Crippen LogP contribution >= 0.6 is 0 Å². The number of hydrogen-bond acceptors (Lipinski definition) is 7. The SMILES string of the molecule is CC12CC=CC=C1N(c1ccc([Si](c3ccccc3)(c3ccccc3)c3ccc(N4B5c6ccccc6-c6cc(-c7ccc8c(c7)-c7nccn7B7N(c9ccccc9)c9ccc([Si](c%10ccccc%10)(c%10ccccc%10)c%10ccccc%10)cc9N78)ccc6N5c5ccccc54)cc3)cc1)B1c3ccccc3-c3ccccc3N12. The van der Waals surface area contributed by atoms with Crippen molar-refractivity contribution in [1.29, 1.82) is 0 Å². The molecule has 0 amide bonds. The summed E-state index contributed by atoms with van der Waals surface area (Å²) in [5, 5.41) is 10.7. The topological polar surface area (TPSA) is 37.3 Å². The molecule has 0 N–H and O–H groups in total. The van der Waals surface area contributed by atoms with E-state index in [-0.39, 0.29) is 26.6 Å². The van der Waals surface area contributed by atoms with Crippen LogP contribution in [0.4, 0.5) is 56.9 Å². The van der Waals surface area contributed by atoms with Crippen LogP contribution in [-0.2, 0) is 0 Å². The molecule has 530 valence electrons. The van der Waals surface area contributed by atoms with Gasteiger partial charge in [0.15, 0.2) is 16.1 Å². The molecule has 0 spiro atoms. The molecule has 16 aromatic rings. The van der Waals surface area contributed by atoms with E-state index in [0.717, 1.165) is 57.4 Å². The fourth-order valence-corrected chi connectivity index (χ4v) is 30.2. The van der Waals surface area contributed by atoms with Gasteiger partial charge in [-0.3, -0.25) is 0 Å². The first-order valence-electron chi connectivity index (χ1n) is 39.5. The third-order valence-electron chi connectivity index (χ3n) is 25.5. The monoisotopic (exact) mass is 1470 g/mol. The van der Waals surface area contributed by atoms with E-state index in [1.807, 2.05) is 6.20 Å². The van der Waals surface area contributed by atoms with E-state index in [4.69, 9.17) is 4.98 Å². The number of imidazole rings is 1. The van der Waals surface area contributed by atoms with Crippen LogP contribution in [0.3, 0.4) is 0 Å². The summed E-state index contributed by atoms with van der Waals surface area (Å²) in [6.45, 7) is 2.25. The molecular weight excluding hydrogens is 1400 g/mol. The number of fused-ring (bicyclic) bond motifs is 24. The predicted molar refractivity (Wildman–Crippen MR) is 479 cm³/mol. The van der Waals surface area contributed by atoms with E-state index in [0.29, 0.717) is 0 Å². The van der Waals surface area contributed by atoms with Gasteiger partial charge in [-0.15, -0.1) is 0 Å². The minimum Gasteiger partial charge on any atom is -0.380 e. The molecule has 8 nitrogen and oxygen atoms in total. The van der Waals surface area contributed by atoms with Gasteiger partial charge in [0.2, 0.25) is 0 Å². The summed E-state index contributed by atoms with van der Waals surface area (Å²) in [7, 11) is -6.24. The molecule has 1 aliphatic carbocycles. The molecule has 1 fully saturated rings. The van der Waals surface area contributed by atoms with Crippen molar-refractivity contribution in [2.24, 2.45) is 0 Å². The molecule has 15 aromatic carbocycles. The van der Waals surface area contributed by atoms with Crippen molar-refractivity contribution in [3.63, 3.8) is 0 Å². The number of nitrogens with zero attached hydrogens (tertiary/aromatic N) is 8. The van der Waals surface area contributed by atoms with E-state index in [1.54, 1.807) is 0 Å². The normalized spacial score (nSPS) is 15.7. The quantitative estimate of drug-likeness (QED) is 0.0891. The molecule has 6 aliphatic heterocycles. The first kappa shape index (κ1) is 65.3. The van der Waals surface area contributed by atoms with Crippen molar-refractivity contribution < 1.29 is 0 Å². The van der Waals surface area contributed by atoms with Gasteiger partial charge in [0, 0.05) is 68.9 Å². The first-order chi connectivity index (χ1) is 56.0. The second-order valence-electron chi connectivity index (χ2n) is 31.0. The molecule has 1 aromatic heterocycles. The Bertz CT molecular complexity index is 6380. The highest BCUT2D eigenvalue weighted by Crippen LogP contribution is 2.56. The summed E-state index contributed by atoms with van der Waals surface area (Å²) in [5.74, 6) is 0.934. The Morgan fingerprint density at radius 2 is 0.726 bits per heavy atom. The average Bonchev–Trinajstić information content (AvgIpc) is 1.62. The Labute approximate surface area is 662 Å². The van der Waals surface area contributed by atoms with E-state index < -0.39 is 16.1 Å². The number of allylic oxidation sites excluding steroid dienone is 2. The van der Waals surface area contributed by atoms with Gasteiger partial charge in [-0.05, 0) is 185 Å². The van der Waals surface area contributed by atoms with Gasteiger partial charge in [-0.25, -0.2) is 4.98 Å². The van der Waals surface area contributed by atoms with Crippen molar-refractivity contribution in [1.82, 2.24) is 9.46 Å². The van der Waals surface area contributed by atoms with Crippen molar-refractivity contribution in [3.05, 3.63) is 418 Å². The van der Waals surface area contributed by atoms with Gasteiger partial charge in [-0.1, -0.05) is 303 Å². The number of rotatable bonds is 12. The lowest BCUT2D eigenvalue weighted by molar-refractivity contribution is 0.571. The van der Waals surface area contributed by atoms with E-state index in [9.17, 15) is 0 Å². The standard InChI is InChI=1S/C100H73B3N8Si2/c1-100-65-29-28-50-98(100)108(102-90-46-24-20-42-84(90)86-44-22-25-47-93(86)111(100)102)75-55-59-82(60-56-75)112(76-32-10-3-11-33-76,77-34-12-4-13-35-77)81-57-53-74(54-58-81)106-94-48-26-27-49-95(94)109-91-62-51-71(68-87(91)85-43-21-23-45-89(85)101(106)109)72-52-63-92-88(69-72)99-104-66-67-105(99)103-107(73-30-8-2-9-31-73)96-64-61-83(70-97(96)110(92)103)113(78-36-14-5-15-37-78,79-38-16-6-17-39-79)80-40-18-7-19-41-80/h2-64,66-70H,65H2,1H3. The summed E-state index contributed by atoms with van der Waals surface area (Å²) >= 11 is 0. The number of hydrogen-bond donors (Lipinski definition) is 0. The molecule has 0 bridgehead atoms. The number of aromatic nitrogens is 2. The fraction of sp³-hybridized carbons (Fsp3) is 0.0300. The lowest BCUT2D eigenvalue weighted by Crippen LogP contribution is -2.74. The largest absolute Gasteiger partial charge is 0.519 e. The third-order valence-corrected chi connectivity index (χ3v) is 35.0. The number of anilines is 10. The van der Waals surface area contributed by atoms with Crippen molar-refractivity contribution in [3.8, 4) is 44.8 Å². The number of benzene rings is 15. The molecule has 23 rings (SSSR count). The van der Waals surface area contributed by atoms with Crippen LogP contribution in [0.2, 0.25) is 0 Å². The summed E-state index contributed by atoms with van der Waals surface area (Å²) in [4.78, 5) is 20.9. The second-order valence-corrected chi connectivity index (χ2v) is 38.7. The Hall–Kier alpha value is -13.6. The zero-order valence-corrected chi connectivity index (χ0v) is 64.3. The molecule has 1 saturated heterocycles. The van der Waals surface area contributed by atoms with Crippen LogP contribution in [-0.4, -0.2) is 52.2 Å². The minimum absolute atomic E-state index is 0.0257. The Morgan fingerprint density at radius 3 is 1.30 bits per heavy atom. The summed E-state index contributed by atoms with van der Waals surface area (Å²) in [5.41, 5.74) is 23.7. The summed E-state index contributed by atoms with van der Waals surface area (Å²) < 4.78 is 2.38. The Balaban J connectivity index is 0.620. The summed E-state index contributed by atoms with van der Waals surface area (Å²) in [6.07, 6.45) is 12.0. The van der Waals surface area contributed by atoms with Crippen LogP contribution < -0.4 is 81.3 Å². The Kier molecular flexibility index (Phi) is 14.7. The van der Waals surface area contributed by atoms with Crippen molar-refractivity contribution in [2.45, 2.75) is 18.9 Å². The van der Waals surface area contributed by atoms with Crippen LogP contribution in [0, 0.1) is 0 Å². The third kappa shape index (κ3) is 9.43. The molecule has 7 heterocycles. The van der Waals surface area contributed by atoms with E-state index in [1.165, 1.54) is 109 Å². The smallest absolute Gasteiger partial charge is 0.380 e. The highest BCUT2D eigenvalue weighted by Gasteiger charge is 2.59. The van der Waals surface area contributed by atoms with Crippen LogP contribution in [0.1, 0.15) is 13.3 Å². The van der Waals surface area contributed by atoms with E-state index in [2.05, 4.69) is 447 Å². The van der Waals surface area contributed by atoms with E-state index >= 15 is 0 Å². The molecule has 1 atom stereocenters. The Morgan fingerprint density at radius 1 is 0.310 bits per heavy atom. The molecule has 0 saturated carbocycles. The lowest BCUT2D eigenvalue weighted by Gasteiger charge is -2.42. The molecule has 113 heavy (non-hydrogen) atoms. The fourth-order valence-electron chi connectivity index (χ4n) is 20.7. The maximum atomic E-state index is 5.26. The second kappa shape index (κ2) is 25.5. The van der Waals surface area contributed by atoms with Gasteiger partial charge in [0.1, 0.15) is 5.82 Å². The van der Waals surface area contributed by atoms with Gasteiger partial charge >= 0.3 is 21.1 Å². The predicted octanol–water partition coefficient (Wildman–Crippen LogP) is 16.1. The minimum atomic E-state index is -3.05. The van der Waals surface area contributed by atoms with Gasteiger partial charge in [0.05, 0.1) is 28.3 Å². The maximum absolute atomic E-state index is 5.26.